The van der Waals surface area contributed by atoms with Gasteiger partial charge in [-0.15, -0.1) is 0 Å². The molecule has 1 rings (SSSR count). The van der Waals surface area contributed by atoms with Crippen LogP contribution in [0.25, 0.3) is 0 Å². The Bertz CT molecular complexity index is 341. The highest BCUT2D eigenvalue weighted by Gasteiger charge is 2.06. The summed E-state index contributed by atoms with van der Waals surface area (Å²) in [5.74, 6) is 0.559. The molecule has 5 heteroatoms. The first-order valence-corrected chi connectivity index (χ1v) is 5.82. The standard InChI is InChI=1S/C12H17ClO4/c1-9(15)10-2-3-12(11(13)8-10)17-7-6-16-5-4-14/h2-3,8-9,14-15H,4-7H2,1H3. The van der Waals surface area contributed by atoms with Gasteiger partial charge in [-0.2, -0.15) is 0 Å². The molecule has 4 nitrogen and oxygen atoms in total. The van der Waals surface area contributed by atoms with Gasteiger partial charge in [0.25, 0.3) is 0 Å². The van der Waals surface area contributed by atoms with Gasteiger partial charge in [0.1, 0.15) is 12.4 Å². The molecule has 0 bridgehead atoms. The summed E-state index contributed by atoms with van der Waals surface area (Å²) in [6.45, 7) is 2.75. The molecule has 17 heavy (non-hydrogen) atoms. The van der Waals surface area contributed by atoms with Gasteiger partial charge in [0.2, 0.25) is 0 Å². The molecule has 0 heterocycles. The van der Waals surface area contributed by atoms with Gasteiger partial charge < -0.3 is 19.7 Å². The lowest BCUT2D eigenvalue weighted by atomic mass is 10.1. The molecule has 0 radical (unpaired) electrons. The normalized spacial score (nSPS) is 12.5. The maximum Gasteiger partial charge on any atom is 0.138 e. The van der Waals surface area contributed by atoms with Crippen LogP contribution in [0.1, 0.15) is 18.6 Å². The van der Waals surface area contributed by atoms with E-state index in [1.165, 1.54) is 0 Å². The molecule has 0 saturated carbocycles. The minimum atomic E-state index is -0.547. The molecule has 0 spiro atoms. The Hall–Kier alpha value is -0.810. The van der Waals surface area contributed by atoms with Crippen molar-refractivity contribution >= 4 is 11.6 Å². The molecule has 1 aromatic carbocycles. The van der Waals surface area contributed by atoms with Gasteiger partial charge in [-0.1, -0.05) is 17.7 Å². The summed E-state index contributed by atoms with van der Waals surface area (Å²) in [7, 11) is 0. The molecule has 1 unspecified atom stereocenters. The second-order valence-electron chi connectivity index (χ2n) is 3.55. The highest BCUT2D eigenvalue weighted by molar-refractivity contribution is 6.32. The number of benzene rings is 1. The lowest BCUT2D eigenvalue weighted by Gasteiger charge is -2.10. The Balaban J connectivity index is 2.43. The predicted octanol–water partition coefficient (Wildman–Crippen LogP) is 1.78. The summed E-state index contributed by atoms with van der Waals surface area (Å²) in [4.78, 5) is 0. The molecule has 2 N–H and O–H groups in total. The van der Waals surface area contributed by atoms with Crippen molar-refractivity contribution in [1.82, 2.24) is 0 Å². The number of hydrogen-bond acceptors (Lipinski definition) is 4. The summed E-state index contributed by atoms with van der Waals surface area (Å²) in [6, 6.07) is 5.16. The largest absolute Gasteiger partial charge is 0.490 e. The van der Waals surface area contributed by atoms with Gasteiger partial charge in [0.05, 0.1) is 30.9 Å². The van der Waals surface area contributed by atoms with E-state index in [9.17, 15) is 5.11 Å². The summed E-state index contributed by atoms with van der Waals surface area (Å²) in [5.41, 5.74) is 0.749. The third kappa shape index (κ3) is 4.91. The molecular formula is C12H17ClO4. The fourth-order valence-corrected chi connectivity index (χ4v) is 1.51. The van der Waals surface area contributed by atoms with Crippen LogP contribution in [0, 0.1) is 0 Å². The number of aliphatic hydroxyl groups excluding tert-OH is 2. The molecule has 0 fully saturated rings. The lowest BCUT2D eigenvalue weighted by Crippen LogP contribution is -2.09. The lowest BCUT2D eigenvalue weighted by molar-refractivity contribution is 0.0705. The minimum absolute atomic E-state index is 0.00381. The van der Waals surface area contributed by atoms with E-state index in [4.69, 9.17) is 26.2 Å². The highest BCUT2D eigenvalue weighted by atomic mass is 35.5. The number of hydrogen-bond donors (Lipinski definition) is 2. The van der Waals surface area contributed by atoms with Gasteiger partial charge >= 0.3 is 0 Å². The van der Waals surface area contributed by atoms with Gasteiger partial charge in [-0.3, -0.25) is 0 Å². The van der Waals surface area contributed by atoms with E-state index in [1.807, 2.05) is 0 Å². The Kier molecular flexibility index (Phi) is 6.29. The van der Waals surface area contributed by atoms with Crippen molar-refractivity contribution < 1.29 is 19.7 Å². The van der Waals surface area contributed by atoms with Gasteiger partial charge in [0, 0.05) is 0 Å². The van der Waals surface area contributed by atoms with Crippen molar-refractivity contribution in [2.45, 2.75) is 13.0 Å². The summed E-state index contributed by atoms with van der Waals surface area (Å²) < 4.78 is 10.4. The first kappa shape index (κ1) is 14.3. The Morgan fingerprint density at radius 3 is 2.65 bits per heavy atom. The Morgan fingerprint density at radius 2 is 2.06 bits per heavy atom. The zero-order chi connectivity index (χ0) is 12.7. The maximum absolute atomic E-state index is 9.37. The van der Waals surface area contributed by atoms with Crippen LogP contribution in [0.5, 0.6) is 5.75 Å². The first-order chi connectivity index (χ1) is 8.15. The second kappa shape index (κ2) is 7.50. The van der Waals surface area contributed by atoms with Crippen LogP contribution >= 0.6 is 11.6 Å². The van der Waals surface area contributed by atoms with Crippen LogP contribution in [0.15, 0.2) is 18.2 Å². The zero-order valence-corrected chi connectivity index (χ0v) is 10.5. The van der Waals surface area contributed by atoms with E-state index in [1.54, 1.807) is 25.1 Å². The van der Waals surface area contributed by atoms with Crippen molar-refractivity contribution in [2.75, 3.05) is 26.4 Å². The van der Waals surface area contributed by atoms with E-state index in [0.717, 1.165) is 5.56 Å². The van der Waals surface area contributed by atoms with E-state index in [-0.39, 0.29) is 6.61 Å². The summed E-state index contributed by atoms with van der Waals surface area (Å²) in [5, 5.41) is 18.3. The zero-order valence-electron chi connectivity index (χ0n) is 9.73. The molecule has 0 aliphatic carbocycles. The molecule has 96 valence electrons. The van der Waals surface area contributed by atoms with Crippen molar-refractivity contribution in [2.24, 2.45) is 0 Å². The average molecular weight is 261 g/mol. The van der Waals surface area contributed by atoms with Crippen LogP contribution in [-0.2, 0) is 4.74 Å². The fourth-order valence-electron chi connectivity index (χ4n) is 1.27. The first-order valence-electron chi connectivity index (χ1n) is 5.44. The number of aliphatic hydroxyl groups is 2. The second-order valence-corrected chi connectivity index (χ2v) is 3.96. The molecule has 1 aromatic rings. The van der Waals surface area contributed by atoms with Crippen LogP contribution in [0.4, 0.5) is 0 Å². The topological polar surface area (TPSA) is 58.9 Å². The molecule has 0 aliphatic rings. The van der Waals surface area contributed by atoms with E-state index < -0.39 is 6.10 Å². The van der Waals surface area contributed by atoms with Crippen molar-refractivity contribution in [3.05, 3.63) is 28.8 Å². The third-order valence-electron chi connectivity index (χ3n) is 2.16. The van der Waals surface area contributed by atoms with Crippen molar-refractivity contribution in [3.8, 4) is 5.75 Å². The SMILES string of the molecule is CC(O)c1ccc(OCCOCCO)c(Cl)c1. The third-order valence-corrected chi connectivity index (χ3v) is 2.45. The highest BCUT2D eigenvalue weighted by Crippen LogP contribution is 2.27. The summed E-state index contributed by atoms with van der Waals surface area (Å²) in [6.07, 6.45) is -0.547. The molecular weight excluding hydrogens is 244 g/mol. The van der Waals surface area contributed by atoms with Gasteiger partial charge in [-0.25, -0.2) is 0 Å². The minimum Gasteiger partial charge on any atom is -0.490 e. The molecule has 0 saturated heterocycles. The Morgan fingerprint density at radius 1 is 1.29 bits per heavy atom. The Labute approximate surface area is 106 Å². The van der Waals surface area contributed by atoms with E-state index in [2.05, 4.69) is 0 Å². The van der Waals surface area contributed by atoms with Crippen molar-refractivity contribution in [1.29, 1.82) is 0 Å². The van der Waals surface area contributed by atoms with Crippen LogP contribution in [-0.4, -0.2) is 36.6 Å². The maximum atomic E-state index is 9.37. The van der Waals surface area contributed by atoms with Gasteiger partial charge in [0.15, 0.2) is 0 Å². The van der Waals surface area contributed by atoms with Gasteiger partial charge in [-0.05, 0) is 24.6 Å². The fraction of sp³-hybridized carbons (Fsp3) is 0.500. The monoisotopic (exact) mass is 260 g/mol. The number of ether oxygens (including phenoxy) is 2. The van der Waals surface area contributed by atoms with E-state index >= 15 is 0 Å². The number of rotatable bonds is 7. The van der Waals surface area contributed by atoms with Crippen LogP contribution < -0.4 is 4.74 Å². The van der Waals surface area contributed by atoms with Crippen molar-refractivity contribution in [3.63, 3.8) is 0 Å². The molecule has 1 atom stereocenters. The molecule has 0 aromatic heterocycles. The van der Waals surface area contributed by atoms with E-state index in [0.29, 0.717) is 30.6 Å². The van der Waals surface area contributed by atoms with Crippen LogP contribution in [0.2, 0.25) is 5.02 Å². The summed E-state index contributed by atoms with van der Waals surface area (Å²) >= 11 is 6.00. The number of halogens is 1. The average Bonchev–Trinajstić information content (AvgIpc) is 2.30. The predicted molar refractivity (Wildman–Crippen MR) is 65.5 cm³/mol. The molecule has 0 amide bonds. The van der Waals surface area contributed by atoms with Crippen LogP contribution in [0.3, 0.4) is 0 Å². The quantitative estimate of drug-likeness (QED) is 0.734. The molecule has 0 aliphatic heterocycles. The smallest absolute Gasteiger partial charge is 0.138 e.